The van der Waals surface area contributed by atoms with Gasteiger partial charge in [0.2, 0.25) is 11.8 Å². The number of fused-ring (bicyclic) bond motifs is 1. The molecule has 0 aromatic carbocycles. The number of H-pyrrole nitrogens is 1. The van der Waals surface area contributed by atoms with Gasteiger partial charge < -0.3 is 19.9 Å². The van der Waals surface area contributed by atoms with Crippen LogP contribution in [-0.4, -0.2) is 62.1 Å². The maximum Gasteiger partial charge on any atom is 0.332 e. The van der Waals surface area contributed by atoms with Gasteiger partial charge in [0.1, 0.15) is 11.3 Å². The fourth-order valence-corrected chi connectivity index (χ4v) is 3.10. The number of hydrogen-bond donors (Lipinski definition) is 2. The van der Waals surface area contributed by atoms with Crippen molar-refractivity contribution in [1.29, 1.82) is 0 Å². The average molecular weight is 392 g/mol. The molecule has 0 unspecified atom stereocenters. The Morgan fingerprint density at radius 1 is 1.14 bits per heavy atom. The second-order valence-corrected chi connectivity index (χ2v) is 6.71. The molecule has 11 heteroatoms. The molecule has 3 rings (SSSR count). The molecule has 0 bridgehead atoms. The summed E-state index contributed by atoms with van der Waals surface area (Å²) in [5.41, 5.74) is -0.479. The van der Waals surface area contributed by atoms with E-state index >= 15 is 0 Å². The van der Waals surface area contributed by atoms with Crippen molar-refractivity contribution in [2.24, 2.45) is 14.1 Å². The average Bonchev–Trinajstić information content (AvgIpc) is 3.14. The number of carbonyl (C=O) groups is 2. The molecule has 2 aromatic rings. The van der Waals surface area contributed by atoms with Crippen LogP contribution >= 0.6 is 0 Å². The Bertz CT molecular complexity index is 998. The van der Waals surface area contributed by atoms with Crippen molar-refractivity contribution in [3.8, 4) is 0 Å². The smallest absolute Gasteiger partial charge is 0.332 e. The Balaban J connectivity index is 1.51. The molecule has 3 heterocycles. The molecule has 0 saturated carbocycles. The number of imidazole rings is 1. The number of hydrogen-bond acceptors (Lipinski definition) is 6. The molecular formula is C17H24N6O5. The highest BCUT2D eigenvalue weighted by molar-refractivity contribution is 5.79. The molecular weight excluding hydrogens is 368 g/mol. The topological polar surface area (TPSA) is 131 Å². The van der Waals surface area contributed by atoms with Crippen LogP contribution in [-0.2, 0) is 35.0 Å². The lowest BCUT2D eigenvalue weighted by molar-refractivity contribution is -0.135. The van der Waals surface area contributed by atoms with Gasteiger partial charge >= 0.3 is 5.69 Å². The zero-order chi connectivity index (χ0) is 20.3. The highest BCUT2D eigenvalue weighted by atomic mass is 16.5. The van der Waals surface area contributed by atoms with Gasteiger partial charge in [-0.15, -0.1) is 0 Å². The number of morpholine rings is 1. The molecule has 1 fully saturated rings. The predicted molar refractivity (Wildman–Crippen MR) is 99.7 cm³/mol. The van der Waals surface area contributed by atoms with Gasteiger partial charge in [-0.3, -0.25) is 23.5 Å². The predicted octanol–water partition coefficient (Wildman–Crippen LogP) is -1.39. The number of nitrogens with zero attached hydrogens (tertiary/aromatic N) is 4. The van der Waals surface area contributed by atoms with Crippen molar-refractivity contribution in [3.63, 3.8) is 0 Å². The van der Waals surface area contributed by atoms with Gasteiger partial charge in [0.05, 0.1) is 19.8 Å². The van der Waals surface area contributed by atoms with E-state index in [9.17, 15) is 19.2 Å². The molecule has 28 heavy (non-hydrogen) atoms. The zero-order valence-electron chi connectivity index (χ0n) is 16.0. The van der Waals surface area contributed by atoms with E-state index in [1.165, 1.54) is 18.7 Å². The Kier molecular flexibility index (Phi) is 5.93. The first-order chi connectivity index (χ1) is 13.4. The number of nitrogens with one attached hydrogen (secondary N) is 2. The summed E-state index contributed by atoms with van der Waals surface area (Å²) in [6, 6.07) is 0. The summed E-state index contributed by atoms with van der Waals surface area (Å²) in [5.74, 6) is 0.202. The largest absolute Gasteiger partial charge is 0.378 e. The third-order valence-electron chi connectivity index (χ3n) is 4.76. The molecule has 11 nitrogen and oxygen atoms in total. The van der Waals surface area contributed by atoms with Crippen molar-refractivity contribution < 1.29 is 14.3 Å². The van der Waals surface area contributed by atoms with E-state index in [0.29, 0.717) is 45.0 Å². The number of carbonyl (C=O) groups excluding carboxylic acids is 2. The SMILES string of the molecule is Cn1c(=O)c2[nH]c(CNC(=O)CCCC(=O)N3CCOCC3)nc2n(C)c1=O. The first-order valence-corrected chi connectivity index (χ1v) is 9.15. The normalized spacial score (nSPS) is 14.4. The van der Waals surface area contributed by atoms with Crippen LogP contribution in [0.3, 0.4) is 0 Å². The molecule has 1 aliphatic heterocycles. The fourth-order valence-electron chi connectivity index (χ4n) is 3.10. The number of amides is 2. The lowest BCUT2D eigenvalue weighted by Crippen LogP contribution is -2.40. The Hall–Kier alpha value is -2.95. The van der Waals surface area contributed by atoms with E-state index in [0.717, 1.165) is 4.57 Å². The van der Waals surface area contributed by atoms with E-state index in [4.69, 9.17) is 4.74 Å². The van der Waals surface area contributed by atoms with Crippen molar-refractivity contribution >= 4 is 23.0 Å². The van der Waals surface area contributed by atoms with Gasteiger partial charge in [0.25, 0.3) is 5.56 Å². The Morgan fingerprint density at radius 2 is 1.86 bits per heavy atom. The molecule has 0 atom stereocenters. The molecule has 2 aromatic heterocycles. The summed E-state index contributed by atoms with van der Waals surface area (Å²) < 4.78 is 7.48. The lowest BCUT2D eigenvalue weighted by Gasteiger charge is -2.26. The van der Waals surface area contributed by atoms with Crippen LogP contribution in [0.4, 0.5) is 0 Å². The van der Waals surface area contributed by atoms with E-state index in [-0.39, 0.29) is 35.9 Å². The molecule has 1 saturated heterocycles. The summed E-state index contributed by atoms with van der Waals surface area (Å²) in [7, 11) is 2.92. The number of ether oxygens (including phenoxy) is 1. The van der Waals surface area contributed by atoms with Gasteiger partial charge in [-0.05, 0) is 6.42 Å². The van der Waals surface area contributed by atoms with E-state index < -0.39 is 11.2 Å². The summed E-state index contributed by atoms with van der Waals surface area (Å²) in [6.07, 6.45) is 0.990. The maximum atomic E-state index is 12.1. The first kappa shape index (κ1) is 19.8. The Labute approximate surface area is 160 Å². The molecule has 0 aliphatic carbocycles. The van der Waals surface area contributed by atoms with Crippen LogP contribution in [0.15, 0.2) is 9.59 Å². The number of rotatable bonds is 6. The van der Waals surface area contributed by atoms with Crippen molar-refractivity contribution in [1.82, 2.24) is 29.3 Å². The molecule has 0 radical (unpaired) electrons. The van der Waals surface area contributed by atoms with Gasteiger partial charge in [-0.25, -0.2) is 9.78 Å². The van der Waals surface area contributed by atoms with E-state index in [1.807, 2.05) is 0 Å². The van der Waals surface area contributed by atoms with Crippen LogP contribution in [0.1, 0.15) is 25.1 Å². The Morgan fingerprint density at radius 3 is 2.57 bits per heavy atom. The van der Waals surface area contributed by atoms with E-state index in [2.05, 4.69) is 15.3 Å². The third kappa shape index (κ3) is 4.14. The highest BCUT2D eigenvalue weighted by Crippen LogP contribution is 2.06. The zero-order valence-corrected chi connectivity index (χ0v) is 16.0. The standard InChI is InChI=1S/C17H24N6O5/c1-21-15-14(16(26)22(2)17(21)27)19-11(20-15)10-18-12(24)4-3-5-13(25)23-6-8-28-9-7-23/h3-10H2,1-2H3,(H,18,24)(H,19,20). The van der Waals surface area contributed by atoms with Crippen molar-refractivity contribution in [2.45, 2.75) is 25.8 Å². The van der Waals surface area contributed by atoms with Crippen LogP contribution in [0.2, 0.25) is 0 Å². The molecule has 152 valence electrons. The maximum absolute atomic E-state index is 12.1. The van der Waals surface area contributed by atoms with Crippen LogP contribution in [0.5, 0.6) is 0 Å². The van der Waals surface area contributed by atoms with Crippen LogP contribution in [0.25, 0.3) is 11.2 Å². The van der Waals surface area contributed by atoms with Gasteiger partial charge in [-0.1, -0.05) is 0 Å². The van der Waals surface area contributed by atoms with Gasteiger partial charge in [0, 0.05) is 40.0 Å². The van der Waals surface area contributed by atoms with Crippen LogP contribution < -0.4 is 16.6 Å². The number of aryl methyl sites for hydroxylation is 1. The second-order valence-electron chi connectivity index (χ2n) is 6.71. The summed E-state index contributed by atoms with van der Waals surface area (Å²) in [4.78, 5) is 56.9. The summed E-state index contributed by atoms with van der Waals surface area (Å²) in [5, 5.41) is 2.71. The fraction of sp³-hybridized carbons (Fsp3) is 0.588. The number of aromatic amines is 1. The quantitative estimate of drug-likeness (QED) is 0.622. The summed E-state index contributed by atoms with van der Waals surface area (Å²) >= 11 is 0. The van der Waals surface area contributed by atoms with Gasteiger partial charge in [-0.2, -0.15) is 0 Å². The molecule has 2 amide bonds. The molecule has 0 spiro atoms. The highest BCUT2D eigenvalue weighted by Gasteiger charge is 2.17. The van der Waals surface area contributed by atoms with Crippen LogP contribution in [0, 0.1) is 0 Å². The third-order valence-corrected chi connectivity index (χ3v) is 4.76. The molecule has 1 aliphatic rings. The second kappa shape index (κ2) is 8.38. The first-order valence-electron chi connectivity index (χ1n) is 9.15. The minimum Gasteiger partial charge on any atom is -0.378 e. The van der Waals surface area contributed by atoms with Crippen molar-refractivity contribution in [2.75, 3.05) is 26.3 Å². The minimum atomic E-state index is -0.468. The number of aromatic nitrogens is 4. The monoisotopic (exact) mass is 392 g/mol. The lowest BCUT2D eigenvalue weighted by atomic mass is 10.2. The van der Waals surface area contributed by atoms with Gasteiger partial charge in [0.15, 0.2) is 5.65 Å². The minimum absolute atomic E-state index is 0.0325. The van der Waals surface area contributed by atoms with Crippen molar-refractivity contribution in [3.05, 3.63) is 26.7 Å². The molecule has 2 N–H and O–H groups in total. The van der Waals surface area contributed by atoms with E-state index in [1.54, 1.807) is 4.90 Å². The summed E-state index contributed by atoms with van der Waals surface area (Å²) in [6.45, 7) is 2.40.